The van der Waals surface area contributed by atoms with Crippen LogP contribution in [0.3, 0.4) is 0 Å². The molecule has 2 aromatic rings. The number of methoxy groups -OCH3 is 2. The van der Waals surface area contributed by atoms with E-state index in [2.05, 4.69) is 27.7 Å². The molecule has 0 aliphatic carbocycles. The van der Waals surface area contributed by atoms with E-state index in [4.69, 9.17) is 14.5 Å². The van der Waals surface area contributed by atoms with Crippen LogP contribution in [0.4, 0.5) is 4.39 Å². The van der Waals surface area contributed by atoms with Crippen LogP contribution >= 0.6 is 0 Å². The number of hydrogen-bond acceptors (Lipinski definition) is 3. The third kappa shape index (κ3) is 4.25. The van der Waals surface area contributed by atoms with Crippen LogP contribution < -0.4 is 0 Å². The summed E-state index contributed by atoms with van der Waals surface area (Å²) < 4.78 is 24.4. The maximum atomic E-state index is 13.5. The molecule has 1 aromatic heterocycles. The van der Waals surface area contributed by atoms with E-state index in [-0.39, 0.29) is 17.7 Å². The van der Waals surface area contributed by atoms with Gasteiger partial charge in [-0.2, -0.15) is 0 Å². The number of rotatable bonds is 7. The highest BCUT2D eigenvalue weighted by Gasteiger charge is 2.23. The normalized spacial score (nSPS) is 11.6. The maximum absolute atomic E-state index is 13.5. The Morgan fingerprint density at radius 2 is 1.28 bits per heavy atom. The van der Waals surface area contributed by atoms with Crippen molar-refractivity contribution in [3.63, 3.8) is 0 Å². The van der Waals surface area contributed by atoms with Crippen LogP contribution in [0.2, 0.25) is 0 Å². The van der Waals surface area contributed by atoms with Crippen molar-refractivity contribution in [2.45, 2.75) is 52.7 Å². The average molecular weight is 345 g/mol. The Bertz CT molecular complexity index is 673. The van der Waals surface area contributed by atoms with Crippen molar-refractivity contribution >= 4 is 0 Å². The van der Waals surface area contributed by atoms with Gasteiger partial charge in [0.25, 0.3) is 0 Å². The predicted molar refractivity (Wildman–Crippen MR) is 99.2 cm³/mol. The topological polar surface area (TPSA) is 31.4 Å². The van der Waals surface area contributed by atoms with E-state index in [0.717, 1.165) is 33.6 Å². The van der Waals surface area contributed by atoms with Crippen molar-refractivity contribution in [2.75, 3.05) is 14.2 Å². The summed E-state index contributed by atoms with van der Waals surface area (Å²) in [5.41, 5.74) is 6.20. The molecule has 0 aliphatic heterocycles. The second-order valence-corrected chi connectivity index (χ2v) is 6.90. The minimum absolute atomic E-state index is 0.243. The summed E-state index contributed by atoms with van der Waals surface area (Å²) >= 11 is 0. The molecule has 0 fully saturated rings. The van der Waals surface area contributed by atoms with Crippen LogP contribution in [0.25, 0.3) is 11.1 Å². The molecule has 1 aromatic carbocycles. The van der Waals surface area contributed by atoms with Crippen molar-refractivity contribution in [3.05, 3.63) is 52.6 Å². The number of hydrogen-bond donors (Lipinski definition) is 0. The van der Waals surface area contributed by atoms with Gasteiger partial charge in [-0.05, 0) is 35.1 Å². The van der Waals surface area contributed by atoms with Gasteiger partial charge in [-0.3, -0.25) is 4.98 Å². The Hall–Kier alpha value is -1.78. The lowest BCUT2D eigenvalue weighted by Gasteiger charge is -2.24. The SMILES string of the molecule is COCc1c(C(C)C)nc(C(C)C)c(COC)c1-c1ccc(F)cc1. The van der Waals surface area contributed by atoms with Crippen molar-refractivity contribution < 1.29 is 13.9 Å². The van der Waals surface area contributed by atoms with Crippen LogP contribution in [0.5, 0.6) is 0 Å². The Morgan fingerprint density at radius 3 is 1.64 bits per heavy atom. The molecule has 0 unspecified atom stereocenters. The summed E-state index contributed by atoms with van der Waals surface area (Å²) in [6.45, 7) is 9.46. The highest BCUT2D eigenvalue weighted by molar-refractivity contribution is 5.73. The first-order valence-electron chi connectivity index (χ1n) is 8.70. The highest BCUT2D eigenvalue weighted by atomic mass is 19.1. The van der Waals surface area contributed by atoms with E-state index in [9.17, 15) is 4.39 Å². The minimum Gasteiger partial charge on any atom is -0.380 e. The van der Waals surface area contributed by atoms with E-state index >= 15 is 0 Å². The van der Waals surface area contributed by atoms with Crippen molar-refractivity contribution in [1.29, 1.82) is 0 Å². The summed E-state index contributed by atoms with van der Waals surface area (Å²) in [6.07, 6.45) is 0. The predicted octanol–water partition coefficient (Wildman–Crippen LogP) is 5.43. The molecule has 4 heteroatoms. The van der Waals surface area contributed by atoms with Crippen LogP contribution in [-0.2, 0) is 22.7 Å². The lowest BCUT2D eigenvalue weighted by Crippen LogP contribution is -2.13. The quantitative estimate of drug-likeness (QED) is 0.671. The fraction of sp³-hybridized carbons (Fsp3) is 0.476. The summed E-state index contributed by atoms with van der Waals surface area (Å²) in [6, 6.07) is 6.62. The summed E-state index contributed by atoms with van der Waals surface area (Å²) in [5, 5.41) is 0. The number of nitrogens with zero attached hydrogens (tertiary/aromatic N) is 1. The molecule has 0 amide bonds. The van der Waals surface area contributed by atoms with E-state index in [0.29, 0.717) is 13.2 Å². The number of ether oxygens (including phenoxy) is 2. The van der Waals surface area contributed by atoms with Gasteiger partial charge in [0.05, 0.1) is 13.2 Å². The molecular formula is C21H28FNO2. The van der Waals surface area contributed by atoms with Gasteiger partial charge in [0.1, 0.15) is 5.82 Å². The van der Waals surface area contributed by atoms with Crippen molar-refractivity contribution in [3.8, 4) is 11.1 Å². The standard InChI is InChI=1S/C21H28FNO2/c1-13(2)20-17(11-24-5)19(15-7-9-16(22)10-8-15)18(12-25-6)21(23-20)14(3)4/h7-10,13-14H,11-12H2,1-6H3. The van der Waals surface area contributed by atoms with Crippen LogP contribution in [-0.4, -0.2) is 19.2 Å². The Balaban J connectivity index is 2.87. The summed E-state index contributed by atoms with van der Waals surface area (Å²) in [4.78, 5) is 4.98. The summed E-state index contributed by atoms with van der Waals surface area (Å²) in [7, 11) is 3.37. The fourth-order valence-corrected chi connectivity index (χ4v) is 3.20. The molecule has 0 radical (unpaired) electrons. The molecule has 0 saturated carbocycles. The van der Waals surface area contributed by atoms with Crippen molar-refractivity contribution in [2.24, 2.45) is 0 Å². The molecular weight excluding hydrogens is 317 g/mol. The number of aromatic nitrogens is 1. The van der Waals surface area contributed by atoms with Gasteiger partial charge in [-0.15, -0.1) is 0 Å². The molecule has 25 heavy (non-hydrogen) atoms. The van der Waals surface area contributed by atoms with Crippen molar-refractivity contribution in [1.82, 2.24) is 4.98 Å². The minimum atomic E-state index is -0.243. The van der Waals surface area contributed by atoms with Gasteiger partial charge < -0.3 is 9.47 Å². The van der Waals surface area contributed by atoms with E-state index in [1.807, 2.05) is 12.1 Å². The van der Waals surface area contributed by atoms with Gasteiger partial charge in [0, 0.05) is 36.7 Å². The number of benzene rings is 1. The molecule has 0 saturated heterocycles. The van der Waals surface area contributed by atoms with Crippen LogP contribution in [0.15, 0.2) is 24.3 Å². The zero-order valence-corrected chi connectivity index (χ0v) is 16.0. The second kappa shape index (κ2) is 8.54. The zero-order chi connectivity index (χ0) is 18.6. The van der Waals surface area contributed by atoms with E-state index in [1.54, 1.807) is 14.2 Å². The molecule has 0 spiro atoms. The number of pyridine rings is 1. The first kappa shape index (κ1) is 19.5. The third-order valence-corrected chi connectivity index (χ3v) is 4.27. The largest absolute Gasteiger partial charge is 0.380 e. The number of halogens is 1. The zero-order valence-electron chi connectivity index (χ0n) is 16.0. The van der Waals surface area contributed by atoms with E-state index in [1.165, 1.54) is 12.1 Å². The first-order chi connectivity index (χ1) is 11.9. The Kier molecular flexibility index (Phi) is 6.68. The molecule has 0 atom stereocenters. The van der Waals surface area contributed by atoms with Gasteiger partial charge in [-0.1, -0.05) is 39.8 Å². The lowest BCUT2D eigenvalue weighted by atomic mass is 9.87. The van der Waals surface area contributed by atoms with Crippen LogP contribution in [0, 0.1) is 5.82 Å². The monoisotopic (exact) mass is 345 g/mol. The molecule has 136 valence electrons. The first-order valence-corrected chi connectivity index (χ1v) is 8.70. The fourth-order valence-electron chi connectivity index (χ4n) is 3.20. The molecule has 2 rings (SSSR count). The molecule has 0 aliphatic rings. The van der Waals surface area contributed by atoms with Gasteiger partial charge >= 0.3 is 0 Å². The maximum Gasteiger partial charge on any atom is 0.123 e. The van der Waals surface area contributed by atoms with Gasteiger partial charge in [-0.25, -0.2) is 4.39 Å². The molecule has 0 bridgehead atoms. The lowest BCUT2D eigenvalue weighted by molar-refractivity contribution is 0.178. The highest BCUT2D eigenvalue weighted by Crippen LogP contribution is 2.37. The summed E-state index contributed by atoms with van der Waals surface area (Å²) in [5.74, 6) is 0.282. The second-order valence-electron chi connectivity index (χ2n) is 6.90. The van der Waals surface area contributed by atoms with Gasteiger partial charge in [0.2, 0.25) is 0 Å². The van der Waals surface area contributed by atoms with Gasteiger partial charge in [0.15, 0.2) is 0 Å². The Labute approximate surface area is 150 Å². The molecule has 3 nitrogen and oxygen atoms in total. The Morgan fingerprint density at radius 1 is 0.840 bits per heavy atom. The third-order valence-electron chi connectivity index (χ3n) is 4.27. The smallest absolute Gasteiger partial charge is 0.123 e. The molecule has 1 heterocycles. The van der Waals surface area contributed by atoms with Crippen LogP contribution in [0.1, 0.15) is 62.0 Å². The molecule has 0 N–H and O–H groups in total. The van der Waals surface area contributed by atoms with E-state index < -0.39 is 0 Å². The average Bonchev–Trinajstić information content (AvgIpc) is 2.56.